The van der Waals surface area contributed by atoms with Crippen molar-refractivity contribution in [3.05, 3.63) is 92.8 Å². The molecule has 334 valence electrons. The Labute approximate surface area is 359 Å². The third kappa shape index (κ3) is 14.2. The first-order chi connectivity index (χ1) is 28.7. The Morgan fingerprint density at radius 3 is 1.90 bits per heavy atom. The minimum atomic E-state index is -1.20. The van der Waals surface area contributed by atoms with Gasteiger partial charge in [0, 0.05) is 61.0 Å². The van der Waals surface area contributed by atoms with Crippen molar-refractivity contribution in [3.63, 3.8) is 0 Å². The Kier molecular flexibility index (Phi) is 15.0. The zero-order chi connectivity index (χ0) is 46.3. The number of carbonyl (C=O) groups is 6. The number of hydrogen-bond acceptors (Lipinski definition) is 13. The summed E-state index contributed by atoms with van der Waals surface area (Å²) >= 11 is 0. The van der Waals surface area contributed by atoms with Crippen molar-refractivity contribution in [2.75, 3.05) is 6.54 Å². The average molecular weight is 862 g/mol. The minimum absolute atomic E-state index is 0.0183. The highest BCUT2D eigenvalue weighted by atomic mass is 16.6. The molecular weight excluding hydrogens is 807 g/mol. The molecule has 62 heavy (non-hydrogen) atoms. The SMILES string of the molecule is CC(C)OC(=O)Cn1cc2c(n1)CCN(C(=O)[C@H](Cc1ccc([N+](=O)[O-])cc1)NC(=O)c1ccc(C(=NC(=O)OC(C)(C)C)N(C(=O)OC(C)(C)C)C(=O)OC(C)(C)C)cc1)C2. The van der Waals surface area contributed by atoms with Gasteiger partial charge in [0.15, 0.2) is 5.84 Å². The number of aromatic nitrogens is 2. The van der Waals surface area contributed by atoms with Crippen molar-refractivity contribution in [1.29, 1.82) is 0 Å². The molecule has 19 heteroatoms. The summed E-state index contributed by atoms with van der Waals surface area (Å²) in [6.45, 7) is 18.1. The lowest BCUT2D eigenvalue weighted by Gasteiger charge is -2.30. The molecule has 0 spiro atoms. The maximum absolute atomic E-state index is 14.3. The average Bonchev–Trinajstić information content (AvgIpc) is 3.53. The van der Waals surface area contributed by atoms with Crippen molar-refractivity contribution in [1.82, 2.24) is 24.9 Å². The van der Waals surface area contributed by atoms with Crippen molar-refractivity contribution in [3.8, 4) is 0 Å². The first kappa shape index (κ1) is 48.0. The van der Waals surface area contributed by atoms with Crippen LogP contribution >= 0.6 is 0 Å². The van der Waals surface area contributed by atoms with E-state index in [1.54, 1.807) is 87.3 Å². The zero-order valence-electron chi connectivity index (χ0n) is 37.0. The van der Waals surface area contributed by atoms with E-state index in [1.165, 1.54) is 53.2 Å². The van der Waals surface area contributed by atoms with Crippen molar-refractivity contribution in [2.24, 2.45) is 4.99 Å². The summed E-state index contributed by atoms with van der Waals surface area (Å²) in [7, 11) is 0. The van der Waals surface area contributed by atoms with Crippen LogP contribution in [0, 0.1) is 10.1 Å². The van der Waals surface area contributed by atoms with E-state index in [0.717, 1.165) is 0 Å². The van der Waals surface area contributed by atoms with Gasteiger partial charge in [-0.25, -0.2) is 14.4 Å². The highest BCUT2D eigenvalue weighted by Crippen LogP contribution is 2.23. The summed E-state index contributed by atoms with van der Waals surface area (Å²) in [6.07, 6.45) is -1.81. The molecule has 2 aromatic carbocycles. The second-order valence-corrected chi connectivity index (χ2v) is 17.8. The smallest absolute Gasteiger partial charge is 0.436 e. The van der Waals surface area contributed by atoms with Crippen LogP contribution in [-0.2, 0) is 54.5 Å². The molecule has 0 bridgehead atoms. The molecule has 5 amide bonds. The molecule has 4 rings (SSSR count). The van der Waals surface area contributed by atoms with Gasteiger partial charge in [0.25, 0.3) is 11.6 Å². The maximum Gasteiger partial charge on any atom is 0.436 e. The number of carbonyl (C=O) groups excluding carboxylic acids is 6. The molecule has 1 aromatic heterocycles. The van der Waals surface area contributed by atoms with Crippen LogP contribution in [-0.4, -0.2) is 102 Å². The fourth-order valence-corrected chi connectivity index (χ4v) is 5.97. The monoisotopic (exact) mass is 861 g/mol. The molecule has 1 N–H and O–H groups in total. The molecule has 1 atom stereocenters. The predicted octanol–water partition coefficient (Wildman–Crippen LogP) is 6.52. The fraction of sp³-hybridized carbons (Fsp3) is 0.488. The number of nitrogens with one attached hydrogen (secondary N) is 1. The van der Waals surface area contributed by atoms with E-state index in [2.05, 4.69) is 15.4 Å². The molecule has 0 saturated carbocycles. The van der Waals surface area contributed by atoms with E-state index in [4.69, 9.17) is 18.9 Å². The van der Waals surface area contributed by atoms with E-state index >= 15 is 0 Å². The predicted molar refractivity (Wildman–Crippen MR) is 224 cm³/mol. The number of fused-ring (bicyclic) bond motifs is 1. The maximum atomic E-state index is 14.3. The number of benzene rings is 2. The van der Waals surface area contributed by atoms with Gasteiger partial charge >= 0.3 is 24.2 Å². The van der Waals surface area contributed by atoms with Gasteiger partial charge in [0.05, 0.1) is 16.7 Å². The molecular formula is C43H55N7O12. The summed E-state index contributed by atoms with van der Waals surface area (Å²) < 4.78 is 23.1. The molecule has 0 saturated heterocycles. The van der Waals surface area contributed by atoms with Crippen molar-refractivity contribution in [2.45, 2.75) is 131 Å². The highest BCUT2D eigenvalue weighted by molar-refractivity contribution is 6.18. The number of nitrogens with zero attached hydrogens (tertiary/aromatic N) is 6. The summed E-state index contributed by atoms with van der Waals surface area (Å²) in [5.74, 6) is -2.09. The summed E-state index contributed by atoms with van der Waals surface area (Å²) in [5.41, 5.74) is -1.28. The normalized spacial score (nSPS) is 13.7. The van der Waals surface area contributed by atoms with Crippen molar-refractivity contribution < 1.29 is 52.6 Å². The number of rotatable bonds is 10. The Morgan fingerprint density at radius 1 is 0.839 bits per heavy atom. The van der Waals surface area contributed by atoms with Gasteiger partial charge in [-0.3, -0.25) is 29.2 Å². The molecule has 0 unspecified atom stereocenters. The lowest BCUT2D eigenvalue weighted by atomic mass is 10.0. The van der Waals surface area contributed by atoms with Crippen LogP contribution in [0.3, 0.4) is 0 Å². The number of aliphatic imine (C=N–C) groups is 1. The van der Waals surface area contributed by atoms with Crippen LogP contribution in [0.15, 0.2) is 59.7 Å². The third-order valence-corrected chi connectivity index (χ3v) is 8.42. The Hall–Kier alpha value is -6.66. The summed E-state index contributed by atoms with van der Waals surface area (Å²) in [4.78, 5) is 97.6. The second kappa shape index (κ2) is 19.4. The van der Waals surface area contributed by atoms with Gasteiger partial charge in [-0.05, 0) is 93.9 Å². The van der Waals surface area contributed by atoms with Gasteiger partial charge in [0.2, 0.25) is 5.91 Å². The van der Waals surface area contributed by atoms with Crippen LogP contribution in [0.25, 0.3) is 0 Å². The van der Waals surface area contributed by atoms with Crippen LogP contribution in [0.2, 0.25) is 0 Å². The van der Waals surface area contributed by atoms with Gasteiger partial charge in [-0.1, -0.05) is 24.3 Å². The molecule has 19 nitrogen and oxygen atoms in total. The second-order valence-electron chi connectivity index (χ2n) is 17.8. The fourth-order valence-electron chi connectivity index (χ4n) is 5.97. The topological polar surface area (TPSA) is 231 Å². The number of imide groups is 1. The first-order valence-corrected chi connectivity index (χ1v) is 19.9. The highest BCUT2D eigenvalue weighted by Gasteiger charge is 2.37. The molecule has 1 aliphatic heterocycles. The number of hydrogen-bond donors (Lipinski definition) is 1. The third-order valence-electron chi connectivity index (χ3n) is 8.42. The standard InChI is InChI=1S/C43H55N7O12/c1-26(2)59-34(51)25-48-24-30-23-47(21-20-32(30)46-48)37(53)33(22-27-12-18-31(19-13-27)50(57)58)44-36(52)29-16-14-28(15-17-29)35(45-38(54)60-41(3,4)5)49(39(55)61-42(6,7)8)40(56)62-43(9,10)11/h12-19,24,26,33H,20-23,25H2,1-11H3,(H,44,52)/t33-/m0/s1. The van der Waals surface area contributed by atoms with Crippen LogP contribution in [0.5, 0.6) is 0 Å². The summed E-state index contributed by atoms with van der Waals surface area (Å²) in [5, 5.41) is 18.6. The molecule has 1 aliphatic rings. The quantitative estimate of drug-likeness (QED) is 0.0572. The largest absolute Gasteiger partial charge is 0.462 e. The Balaban J connectivity index is 1.67. The Morgan fingerprint density at radius 2 is 1.39 bits per heavy atom. The van der Waals surface area contributed by atoms with Gasteiger partial charge in [0.1, 0.15) is 29.4 Å². The number of amides is 5. The van der Waals surface area contributed by atoms with Gasteiger partial charge in [-0.2, -0.15) is 15.0 Å². The molecule has 0 radical (unpaired) electrons. The molecule has 3 aromatic rings. The lowest BCUT2D eigenvalue weighted by Crippen LogP contribution is -2.50. The van der Waals surface area contributed by atoms with Gasteiger partial charge in [-0.15, -0.1) is 0 Å². The van der Waals surface area contributed by atoms with Crippen LogP contribution < -0.4 is 5.32 Å². The molecule has 0 fully saturated rings. The molecule has 0 aliphatic carbocycles. The van der Waals surface area contributed by atoms with Crippen molar-refractivity contribution >= 4 is 47.6 Å². The Bertz CT molecular complexity index is 2160. The summed E-state index contributed by atoms with van der Waals surface area (Å²) in [6, 6.07) is 9.83. The lowest BCUT2D eigenvalue weighted by molar-refractivity contribution is -0.384. The zero-order valence-corrected chi connectivity index (χ0v) is 37.0. The number of ether oxygens (including phenoxy) is 4. The first-order valence-electron chi connectivity index (χ1n) is 19.9. The van der Waals surface area contributed by atoms with Gasteiger partial charge < -0.3 is 29.2 Å². The van der Waals surface area contributed by atoms with E-state index in [9.17, 15) is 38.9 Å². The number of nitro groups is 1. The van der Waals surface area contributed by atoms with E-state index in [1.807, 2.05) is 0 Å². The van der Waals surface area contributed by atoms with E-state index in [-0.39, 0.29) is 49.0 Å². The number of nitro benzene ring substituents is 1. The number of amidine groups is 1. The minimum Gasteiger partial charge on any atom is -0.462 e. The number of non-ortho nitro benzene ring substituents is 1. The number of esters is 1. The van der Waals surface area contributed by atoms with E-state index < -0.39 is 69.7 Å². The van der Waals surface area contributed by atoms with Crippen LogP contribution in [0.4, 0.5) is 20.1 Å². The van der Waals surface area contributed by atoms with Crippen LogP contribution in [0.1, 0.15) is 109 Å². The van der Waals surface area contributed by atoms with E-state index in [0.29, 0.717) is 28.1 Å². The molecule has 2 heterocycles.